The number of halogens is 2. The molecule has 0 aliphatic heterocycles. The third kappa shape index (κ3) is 7.91. The maximum Gasteiger partial charge on any atom is 0.273 e. The fourth-order valence-corrected chi connectivity index (χ4v) is 1.64. The molecule has 0 rings (SSSR count). The smallest absolute Gasteiger partial charge is 0.273 e. The number of sulfonamides is 1. The van der Waals surface area contributed by atoms with Crippen molar-refractivity contribution in [1.29, 1.82) is 0 Å². The maximum absolute atomic E-state index is 12.7. The van der Waals surface area contributed by atoms with E-state index >= 15 is 0 Å². The van der Waals surface area contributed by atoms with Crippen LogP contribution in [0.15, 0.2) is 0 Å². The summed E-state index contributed by atoms with van der Waals surface area (Å²) in [6, 6.07) is 0. The van der Waals surface area contributed by atoms with Crippen LogP contribution in [0.5, 0.6) is 0 Å². The molecule has 0 saturated carbocycles. The molecule has 0 aliphatic carbocycles. The van der Waals surface area contributed by atoms with Crippen molar-refractivity contribution >= 4 is 10.0 Å². The molecule has 0 heterocycles. The van der Waals surface area contributed by atoms with Crippen LogP contribution >= 0.6 is 0 Å². The van der Waals surface area contributed by atoms with Crippen LogP contribution < -0.4 is 10.5 Å². The van der Waals surface area contributed by atoms with Gasteiger partial charge in [-0.15, -0.1) is 0 Å². The van der Waals surface area contributed by atoms with E-state index in [2.05, 4.69) is 0 Å². The molecule has 0 atom stereocenters. The SMILES string of the molecule is CC(C)OCCS(=O)(=O)NCC(F)(F)CN. The van der Waals surface area contributed by atoms with E-state index in [-0.39, 0.29) is 18.5 Å². The minimum absolute atomic E-state index is 0.0266. The predicted molar refractivity (Wildman–Crippen MR) is 56.9 cm³/mol. The van der Waals surface area contributed by atoms with Crippen LogP contribution in [-0.2, 0) is 14.8 Å². The molecule has 0 bridgehead atoms. The Morgan fingerprint density at radius 1 is 1.44 bits per heavy atom. The van der Waals surface area contributed by atoms with Gasteiger partial charge in [0.15, 0.2) is 0 Å². The summed E-state index contributed by atoms with van der Waals surface area (Å²) in [5.41, 5.74) is 4.77. The first-order valence-electron chi connectivity index (χ1n) is 4.85. The lowest BCUT2D eigenvalue weighted by Crippen LogP contribution is -2.42. The topological polar surface area (TPSA) is 81.4 Å². The van der Waals surface area contributed by atoms with E-state index < -0.39 is 29.0 Å². The first kappa shape index (κ1) is 15.7. The number of nitrogens with two attached hydrogens (primary N) is 1. The molecule has 98 valence electrons. The Labute approximate surface area is 94.4 Å². The van der Waals surface area contributed by atoms with Gasteiger partial charge >= 0.3 is 0 Å². The van der Waals surface area contributed by atoms with E-state index in [1.807, 2.05) is 0 Å². The second kappa shape index (κ2) is 6.43. The second-order valence-electron chi connectivity index (χ2n) is 3.62. The van der Waals surface area contributed by atoms with Gasteiger partial charge in [0, 0.05) is 0 Å². The van der Waals surface area contributed by atoms with Gasteiger partial charge in [-0.25, -0.2) is 21.9 Å². The van der Waals surface area contributed by atoms with Crippen LogP contribution in [0.1, 0.15) is 13.8 Å². The van der Waals surface area contributed by atoms with E-state index in [0.29, 0.717) is 0 Å². The Hall–Kier alpha value is -0.310. The van der Waals surface area contributed by atoms with Crippen LogP contribution in [-0.4, -0.2) is 45.9 Å². The average molecular weight is 260 g/mol. The molecule has 0 spiro atoms. The molecular formula is C8H18F2N2O3S. The lowest BCUT2D eigenvalue weighted by atomic mass is 10.3. The summed E-state index contributed by atoms with van der Waals surface area (Å²) in [6.07, 6.45) is -0.0966. The Balaban J connectivity index is 3.97. The Bertz CT molecular complexity index is 294. The normalized spacial score (nSPS) is 13.4. The van der Waals surface area contributed by atoms with Crippen molar-refractivity contribution in [1.82, 2.24) is 4.72 Å². The van der Waals surface area contributed by atoms with Gasteiger partial charge < -0.3 is 10.5 Å². The van der Waals surface area contributed by atoms with Crippen molar-refractivity contribution in [3.63, 3.8) is 0 Å². The molecule has 3 N–H and O–H groups in total. The van der Waals surface area contributed by atoms with Crippen molar-refractivity contribution in [3.05, 3.63) is 0 Å². The molecule has 0 fully saturated rings. The average Bonchev–Trinajstić information content (AvgIpc) is 2.14. The van der Waals surface area contributed by atoms with Crippen LogP contribution in [0.25, 0.3) is 0 Å². The third-order valence-corrected chi connectivity index (χ3v) is 2.94. The molecule has 0 radical (unpaired) electrons. The standard InChI is InChI=1S/C8H18F2N2O3S/c1-7(2)15-3-4-16(13,14)12-6-8(9,10)5-11/h7,12H,3-6,11H2,1-2H3. The monoisotopic (exact) mass is 260 g/mol. The van der Waals surface area contributed by atoms with Gasteiger partial charge in [-0.2, -0.15) is 0 Å². The van der Waals surface area contributed by atoms with Crippen molar-refractivity contribution in [2.45, 2.75) is 25.9 Å². The van der Waals surface area contributed by atoms with E-state index in [1.165, 1.54) is 0 Å². The number of rotatable bonds is 8. The summed E-state index contributed by atoms with van der Waals surface area (Å²) >= 11 is 0. The zero-order chi connectivity index (χ0) is 12.8. The van der Waals surface area contributed by atoms with Gasteiger partial charge in [0.1, 0.15) is 0 Å². The lowest BCUT2D eigenvalue weighted by molar-refractivity contribution is 0.0169. The van der Waals surface area contributed by atoms with Crippen LogP contribution in [0.3, 0.4) is 0 Å². The zero-order valence-corrected chi connectivity index (χ0v) is 10.2. The Morgan fingerprint density at radius 3 is 2.44 bits per heavy atom. The first-order chi connectivity index (χ1) is 7.18. The number of ether oxygens (including phenoxy) is 1. The minimum Gasteiger partial charge on any atom is -0.378 e. The van der Waals surface area contributed by atoms with Crippen LogP contribution in [0, 0.1) is 0 Å². The molecule has 0 saturated heterocycles. The number of alkyl halides is 2. The molecular weight excluding hydrogens is 242 g/mol. The summed E-state index contributed by atoms with van der Waals surface area (Å²) in [5, 5.41) is 0. The van der Waals surface area contributed by atoms with Crippen molar-refractivity contribution in [2.75, 3.05) is 25.4 Å². The lowest BCUT2D eigenvalue weighted by Gasteiger charge is -2.15. The molecule has 8 heteroatoms. The van der Waals surface area contributed by atoms with Gasteiger partial charge in [0.2, 0.25) is 10.0 Å². The zero-order valence-electron chi connectivity index (χ0n) is 9.37. The van der Waals surface area contributed by atoms with Crippen molar-refractivity contribution in [3.8, 4) is 0 Å². The number of nitrogens with one attached hydrogen (secondary N) is 1. The van der Waals surface area contributed by atoms with E-state index in [0.717, 1.165) is 0 Å². The molecule has 0 aromatic rings. The summed E-state index contributed by atoms with van der Waals surface area (Å²) in [6.45, 7) is 1.61. The van der Waals surface area contributed by atoms with E-state index in [1.54, 1.807) is 18.6 Å². The fraction of sp³-hybridized carbons (Fsp3) is 1.00. The summed E-state index contributed by atoms with van der Waals surface area (Å²) in [7, 11) is -3.73. The molecule has 0 aliphatic rings. The van der Waals surface area contributed by atoms with E-state index in [9.17, 15) is 17.2 Å². The third-order valence-electron chi connectivity index (χ3n) is 1.65. The molecule has 0 unspecified atom stereocenters. The van der Waals surface area contributed by atoms with Gasteiger partial charge in [0.05, 0.1) is 31.6 Å². The fourth-order valence-electron chi connectivity index (χ4n) is 0.753. The van der Waals surface area contributed by atoms with Crippen LogP contribution in [0.4, 0.5) is 8.78 Å². The maximum atomic E-state index is 12.7. The summed E-state index contributed by atoms with van der Waals surface area (Å²) in [4.78, 5) is 0. The summed E-state index contributed by atoms with van der Waals surface area (Å²) in [5.74, 6) is -3.56. The van der Waals surface area contributed by atoms with Gasteiger partial charge in [0.25, 0.3) is 5.92 Å². The van der Waals surface area contributed by atoms with E-state index in [4.69, 9.17) is 10.5 Å². The van der Waals surface area contributed by atoms with Gasteiger partial charge in [-0.05, 0) is 13.8 Å². The number of hydrogen-bond donors (Lipinski definition) is 2. The molecule has 16 heavy (non-hydrogen) atoms. The highest BCUT2D eigenvalue weighted by Gasteiger charge is 2.28. The predicted octanol–water partition coefficient (Wildman–Crippen LogP) is -0.0752. The molecule has 0 aromatic heterocycles. The second-order valence-corrected chi connectivity index (χ2v) is 5.55. The van der Waals surface area contributed by atoms with Crippen LogP contribution in [0.2, 0.25) is 0 Å². The first-order valence-corrected chi connectivity index (χ1v) is 6.50. The highest BCUT2D eigenvalue weighted by molar-refractivity contribution is 7.89. The molecule has 5 nitrogen and oxygen atoms in total. The number of hydrogen-bond acceptors (Lipinski definition) is 4. The van der Waals surface area contributed by atoms with Crippen molar-refractivity contribution in [2.24, 2.45) is 5.73 Å². The highest BCUT2D eigenvalue weighted by Crippen LogP contribution is 2.09. The Kier molecular flexibility index (Phi) is 6.31. The van der Waals surface area contributed by atoms with Gasteiger partial charge in [-0.1, -0.05) is 0 Å². The van der Waals surface area contributed by atoms with Gasteiger partial charge in [-0.3, -0.25) is 0 Å². The largest absolute Gasteiger partial charge is 0.378 e. The molecule has 0 aromatic carbocycles. The minimum atomic E-state index is -3.73. The molecule has 0 amide bonds. The summed E-state index contributed by atoms with van der Waals surface area (Å²) < 4.78 is 54.5. The quantitative estimate of drug-likeness (QED) is 0.640. The van der Waals surface area contributed by atoms with Crippen molar-refractivity contribution < 1.29 is 21.9 Å². The Morgan fingerprint density at radius 2 is 2.00 bits per heavy atom. The highest BCUT2D eigenvalue weighted by atomic mass is 32.2.